The van der Waals surface area contributed by atoms with Crippen molar-refractivity contribution in [1.82, 2.24) is 19.8 Å². The molecule has 1 aliphatic carbocycles. The highest BCUT2D eigenvalue weighted by Crippen LogP contribution is 2.18. The maximum absolute atomic E-state index is 12.0. The molecule has 1 heterocycles. The molecule has 6 nitrogen and oxygen atoms in total. The van der Waals surface area contributed by atoms with Crippen LogP contribution in [0.2, 0.25) is 0 Å². The minimum atomic E-state index is -3.42. The number of aromatic nitrogens is 2. The molecule has 0 unspecified atom stereocenters. The normalized spacial score (nSPS) is 15.9. The Morgan fingerprint density at radius 3 is 2.85 bits per heavy atom. The second-order valence-corrected chi connectivity index (χ2v) is 7.53. The second-order valence-electron chi connectivity index (χ2n) is 5.77. The van der Waals surface area contributed by atoms with E-state index in [1.54, 1.807) is 10.9 Å². The molecule has 0 amide bonds. The largest absolute Gasteiger partial charge is 0.314 e. The average molecular weight is 300 g/mol. The monoisotopic (exact) mass is 300 g/mol. The number of hydrogen-bond donors (Lipinski definition) is 2. The van der Waals surface area contributed by atoms with Gasteiger partial charge in [-0.15, -0.1) is 0 Å². The van der Waals surface area contributed by atoms with E-state index in [9.17, 15) is 8.42 Å². The molecule has 0 aliphatic heterocycles. The quantitative estimate of drug-likeness (QED) is 0.666. The Bertz CT molecular complexity index is 520. The molecule has 1 fully saturated rings. The lowest BCUT2D eigenvalue weighted by molar-refractivity contribution is 0.540. The predicted molar refractivity (Wildman–Crippen MR) is 77.9 cm³/mol. The van der Waals surface area contributed by atoms with Crippen LogP contribution >= 0.6 is 0 Å². The first kappa shape index (κ1) is 15.5. The standard InChI is InChI=1S/C13H24N4O2S/c1-11(2)8-16-20(18,19)13-9-15-17(10-13)7-3-6-14-12-4-5-12/h9-12,14,16H,3-8H2,1-2H3. The van der Waals surface area contributed by atoms with Gasteiger partial charge in [0.25, 0.3) is 0 Å². The highest BCUT2D eigenvalue weighted by atomic mass is 32.2. The summed E-state index contributed by atoms with van der Waals surface area (Å²) in [7, 11) is -3.42. The maximum atomic E-state index is 12.0. The average Bonchev–Trinajstić information content (AvgIpc) is 3.08. The van der Waals surface area contributed by atoms with Crippen molar-refractivity contribution in [3.05, 3.63) is 12.4 Å². The third kappa shape index (κ3) is 4.88. The molecule has 1 saturated carbocycles. The molecule has 0 atom stereocenters. The van der Waals surface area contributed by atoms with Gasteiger partial charge in [0.2, 0.25) is 10.0 Å². The smallest absolute Gasteiger partial charge is 0.243 e. The summed E-state index contributed by atoms with van der Waals surface area (Å²) in [6, 6.07) is 0.712. The van der Waals surface area contributed by atoms with Crippen LogP contribution in [0.25, 0.3) is 0 Å². The summed E-state index contributed by atoms with van der Waals surface area (Å²) in [6.07, 6.45) is 6.53. The minimum absolute atomic E-state index is 0.244. The Balaban J connectivity index is 1.80. The number of sulfonamides is 1. The van der Waals surface area contributed by atoms with Crippen LogP contribution in [0.3, 0.4) is 0 Å². The SMILES string of the molecule is CC(C)CNS(=O)(=O)c1cnn(CCCNC2CC2)c1. The number of nitrogens with zero attached hydrogens (tertiary/aromatic N) is 2. The van der Waals surface area contributed by atoms with Crippen LogP contribution in [-0.4, -0.2) is 37.3 Å². The third-order valence-electron chi connectivity index (χ3n) is 3.18. The van der Waals surface area contributed by atoms with Crippen LogP contribution < -0.4 is 10.0 Å². The van der Waals surface area contributed by atoms with Crippen molar-refractivity contribution in [1.29, 1.82) is 0 Å². The summed E-state index contributed by atoms with van der Waals surface area (Å²) in [4.78, 5) is 0.244. The molecule has 7 heteroatoms. The zero-order valence-electron chi connectivity index (χ0n) is 12.2. The first-order valence-corrected chi connectivity index (χ1v) is 8.71. The van der Waals surface area contributed by atoms with Gasteiger partial charge in [-0.2, -0.15) is 5.10 Å². The summed E-state index contributed by atoms with van der Waals surface area (Å²) < 4.78 is 28.3. The molecule has 1 aromatic heterocycles. The Kier molecular flexibility index (Phi) is 5.17. The van der Waals surface area contributed by atoms with Crippen LogP contribution in [0.4, 0.5) is 0 Å². The first-order valence-electron chi connectivity index (χ1n) is 7.23. The molecule has 20 heavy (non-hydrogen) atoms. The maximum Gasteiger partial charge on any atom is 0.243 e. The van der Waals surface area contributed by atoms with Gasteiger partial charge in [0.15, 0.2) is 0 Å². The van der Waals surface area contributed by atoms with Gasteiger partial charge in [0.1, 0.15) is 4.90 Å². The van der Waals surface area contributed by atoms with Crippen molar-refractivity contribution in [2.45, 2.75) is 50.6 Å². The van der Waals surface area contributed by atoms with E-state index >= 15 is 0 Å². The number of aryl methyl sites for hydroxylation is 1. The molecule has 2 N–H and O–H groups in total. The number of hydrogen-bond acceptors (Lipinski definition) is 4. The summed E-state index contributed by atoms with van der Waals surface area (Å²) in [6.45, 7) is 6.08. The fourth-order valence-corrected chi connectivity index (χ4v) is 2.97. The summed E-state index contributed by atoms with van der Waals surface area (Å²) in [5, 5.41) is 7.54. The van der Waals surface area contributed by atoms with Crippen LogP contribution in [-0.2, 0) is 16.6 Å². The van der Waals surface area contributed by atoms with E-state index in [4.69, 9.17) is 0 Å². The lowest BCUT2D eigenvalue weighted by Gasteiger charge is -2.06. The molecule has 0 saturated heterocycles. The van der Waals surface area contributed by atoms with Crippen molar-refractivity contribution >= 4 is 10.0 Å². The Morgan fingerprint density at radius 2 is 2.20 bits per heavy atom. The second kappa shape index (κ2) is 6.69. The van der Waals surface area contributed by atoms with Gasteiger partial charge in [-0.05, 0) is 31.7 Å². The summed E-state index contributed by atoms with van der Waals surface area (Å²) >= 11 is 0. The lowest BCUT2D eigenvalue weighted by atomic mass is 10.2. The molecule has 2 rings (SSSR count). The Hall–Kier alpha value is -0.920. The van der Waals surface area contributed by atoms with Crippen molar-refractivity contribution in [2.24, 2.45) is 5.92 Å². The topological polar surface area (TPSA) is 76.0 Å². The van der Waals surface area contributed by atoms with Crippen molar-refractivity contribution < 1.29 is 8.42 Å². The van der Waals surface area contributed by atoms with Gasteiger partial charge in [-0.1, -0.05) is 13.8 Å². The predicted octanol–water partition coefficient (Wildman–Crippen LogP) is 0.960. The molecular formula is C13H24N4O2S. The zero-order chi connectivity index (χ0) is 14.6. The first-order chi connectivity index (χ1) is 9.47. The molecule has 0 aromatic carbocycles. The van der Waals surface area contributed by atoms with E-state index < -0.39 is 10.0 Å². The summed E-state index contributed by atoms with van der Waals surface area (Å²) in [5.74, 6) is 0.285. The van der Waals surface area contributed by atoms with Gasteiger partial charge in [0, 0.05) is 25.3 Å². The molecule has 0 spiro atoms. The number of nitrogens with one attached hydrogen (secondary N) is 2. The van der Waals surface area contributed by atoms with Gasteiger partial charge < -0.3 is 5.32 Å². The van der Waals surface area contributed by atoms with Crippen molar-refractivity contribution in [3.63, 3.8) is 0 Å². The highest BCUT2D eigenvalue weighted by molar-refractivity contribution is 7.89. The molecule has 0 bridgehead atoms. The van der Waals surface area contributed by atoms with Gasteiger partial charge in [-0.3, -0.25) is 4.68 Å². The lowest BCUT2D eigenvalue weighted by Crippen LogP contribution is -2.27. The van der Waals surface area contributed by atoms with Gasteiger partial charge in [0.05, 0.1) is 6.20 Å². The Labute approximate surface area is 121 Å². The van der Waals surface area contributed by atoms with Crippen molar-refractivity contribution in [3.8, 4) is 0 Å². The van der Waals surface area contributed by atoms with E-state index in [2.05, 4.69) is 15.1 Å². The molecule has 1 aliphatic rings. The van der Waals surface area contributed by atoms with Crippen LogP contribution in [0, 0.1) is 5.92 Å². The molecule has 1 aromatic rings. The molecule has 0 radical (unpaired) electrons. The minimum Gasteiger partial charge on any atom is -0.314 e. The van der Waals surface area contributed by atoms with Crippen molar-refractivity contribution in [2.75, 3.05) is 13.1 Å². The van der Waals surface area contributed by atoms with E-state index in [1.807, 2.05) is 13.8 Å². The molecule has 114 valence electrons. The van der Waals surface area contributed by atoms with Crippen LogP contribution in [0.5, 0.6) is 0 Å². The summed E-state index contributed by atoms with van der Waals surface area (Å²) in [5.41, 5.74) is 0. The number of rotatable bonds is 9. The molecular weight excluding hydrogens is 276 g/mol. The van der Waals surface area contributed by atoms with E-state index in [0.29, 0.717) is 12.6 Å². The fraction of sp³-hybridized carbons (Fsp3) is 0.769. The van der Waals surface area contributed by atoms with Crippen LogP contribution in [0.15, 0.2) is 17.3 Å². The zero-order valence-corrected chi connectivity index (χ0v) is 13.0. The van der Waals surface area contributed by atoms with E-state index in [0.717, 1.165) is 19.5 Å². The van der Waals surface area contributed by atoms with E-state index in [1.165, 1.54) is 19.0 Å². The fourth-order valence-electron chi connectivity index (χ4n) is 1.80. The van der Waals surface area contributed by atoms with E-state index in [-0.39, 0.29) is 10.8 Å². The van der Waals surface area contributed by atoms with Gasteiger partial charge in [-0.25, -0.2) is 13.1 Å². The van der Waals surface area contributed by atoms with Crippen LogP contribution in [0.1, 0.15) is 33.1 Å². The van der Waals surface area contributed by atoms with Gasteiger partial charge >= 0.3 is 0 Å². The third-order valence-corrected chi connectivity index (χ3v) is 4.55. The Morgan fingerprint density at radius 1 is 1.45 bits per heavy atom. The highest BCUT2D eigenvalue weighted by Gasteiger charge is 2.19.